The van der Waals surface area contributed by atoms with E-state index in [0.717, 1.165) is 19.4 Å². The van der Waals surface area contributed by atoms with Crippen molar-refractivity contribution in [2.75, 3.05) is 13.2 Å². The quantitative estimate of drug-likeness (QED) is 0.279. The predicted molar refractivity (Wildman–Crippen MR) is 126 cm³/mol. The van der Waals surface area contributed by atoms with Crippen molar-refractivity contribution in [2.45, 2.75) is 64.6 Å². The molecule has 14 heteroatoms. The van der Waals surface area contributed by atoms with E-state index in [-0.39, 0.29) is 13.2 Å². The smallest absolute Gasteiger partial charge is 0.303 e. The van der Waals surface area contributed by atoms with Gasteiger partial charge in [-0.25, -0.2) is 4.68 Å². The topological polar surface area (TPSA) is 177 Å². The number of esters is 3. The van der Waals surface area contributed by atoms with Crippen molar-refractivity contribution in [1.29, 1.82) is 0 Å². The first-order chi connectivity index (χ1) is 18.1. The zero-order valence-electron chi connectivity index (χ0n) is 21.1. The normalized spacial score (nSPS) is 22.8. The number of nitrogens with one attached hydrogen (secondary N) is 1. The molecule has 2 N–H and O–H groups in total. The summed E-state index contributed by atoms with van der Waals surface area (Å²) < 4.78 is 28.0. The largest absolute Gasteiger partial charge is 0.463 e. The van der Waals surface area contributed by atoms with Crippen molar-refractivity contribution < 1.29 is 48.0 Å². The summed E-state index contributed by atoms with van der Waals surface area (Å²) in [5, 5.41) is 21.4. The van der Waals surface area contributed by atoms with Crippen LogP contribution < -0.4 is 5.32 Å². The van der Waals surface area contributed by atoms with E-state index in [0.29, 0.717) is 12.2 Å². The van der Waals surface area contributed by atoms with Gasteiger partial charge in [0, 0.05) is 20.8 Å². The van der Waals surface area contributed by atoms with Crippen molar-refractivity contribution in [3.8, 4) is 0 Å². The van der Waals surface area contributed by atoms with Gasteiger partial charge in [0.2, 0.25) is 5.91 Å². The first kappa shape index (κ1) is 28.7. The average molecular weight is 535 g/mol. The molecule has 14 nitrogen and oxygen atoms in total. The Morgan fingerprint density at radius 3 is 2.37 bits per heavy atom. The molecule has 0 radical (unpaired) electrons. The molecule has 0 aliphatic carbocycles. The monoisotopic (exact) mass is 534 g/mol. The lowest BCUT2D eigenvalue weighted by atomic mass is 9.98. The van der Waals surface area contributed by atoms with Gasteiger partial charge in [-0.05, 0) is 5.56 Å². The predicted octanol–water partition coefficient (Wildman–Crippen LogP) is -0.528. The Morgan fingerprint density at radius 2 is 1.71 bits per heavy atom. The number of amides is 1. The van der Waals surface area contributed by atoms with E-state index >= 15 is 0 Å². The number of nitrogens with zero attached hydrogens (tertiary/aromatic N) is 3. The van der Waals surface area contributed by atoms with Crippen LogP contribution in [0.15, 0.2) is 36.5 Å². The minimum absolute atomic E-state index is 0.0741. The van der Waals surface area contributed by atoms with Gasteiger partial charge < -0.3 is 34.1 Å². The maximum Gasteiger partial charge on any atom is 0.303 e. The van der Waals surface area contributed by atoms with E-state index < -0.39 is 61.1 Å². The number of hydrogen-bond donors (Lipinski definition) is 2. The Bertz CT molecular complexity index is 1110. The summed E-state index contributed by atoms with van der Waals surface area (Å²) in [5.41, 5.74) is 1.56. The molecular weight excluding hydrogens is 504 g/mol. The number of hydrogen-bond acceptors (Lipinski definition) is 12. The van der Waals surface area contributed by atoms with Crippen LogP contribution in [-0.2, 0) is 56.0 Å². The maximum absolute atomic E-state index is 12.4. The first-order valence-electron chi connectivity index (χ1n) is 11.7. The number of benzene rings is 1. The van der Waals surface area contributed by atoms with Crippen molar-refractivity contribution in [2.24, 2.45) is 0 Å². The first-order valence-corrected chi connectivity index (χ1v) is 11.7. The van der Waals surface area contributed by atoms with Gasteiger partial charge in [0.05, 0.1) is 19.3 Å². The highest BCUT2D eigenvalue weighted by Gasteiger charge is 2.50. The second-order valence-electron chi connectivity index (χ2n) is 8.46. The van der Waals surface area contributed by atoms with Crippen molar-refractivity contribution >= 4 is 23.8 Å². The van der Waals surface area contributed by atoms with Crippen LogP contribution in [0.1, 0.15) is 32.0 Å². The number of rotatable bonds is 11. The van der Waals surface area contributed by atoms with E-state index in [4.69, 9.17) is 23.7 Å². The van der Waals surface area contributed by atoms with Gasteiger partial charge in [-0.15, -0.1) is 5.10 Å². The summed E-state index contributed by atoms with van der Waals surface area (Å²) in [6.07, 6.45) is -5.24. The fourth-order valence-electron chi connectivity index (χ4n) is 3.69. The summed E-state index contributed by atoms with van der Waals surface area (Å²) in [7, 11) is 0. The average Bonchev–Trinajstić information content (AvgIpc) is 3.31. The van der Waals surface area contributed by atoms with Gasteiger partial charge in [0.25, 0.3) is 0 Å². The Kier molecular flexibility index (Phi) is 10.3. The molecule has 0 bridgehead atoms. The fraction of sp³-hybridized carbons (Fsp3) is 0.500. The van der Waals surface area contributed by atoms with Crippen LogP contribution in [0, 0.1) is 0 Å². The van der Waals surface area contributed by atoms with Crippen LogP contribution in [0.2, 0.25) is 0 Å². The molecule has 1 amide bonds. The van der Waals surface area contributed by atoms with E-state index in [1.54, 1.807) is 10.9 Å². The minimum atomic E-state index is -1.62. The van der Waals surface area contributed by atoms with Crippen LogP contribution in [0.3, 0.4) is 0 Å². The number of carbonyl (C=O) groups excluding carboxylic acids is 4. The van der Waals surface area contributed by atoms with E-state index in [1.165, 1.54) is 6.92 Å². The van der Waals surface area contributed by atoms with Gasteiger partial charge in [-0.1, -0.05) is 35.5 Å². The van der Waals surface area contributed by atoms with E-state index in [9.17, 15) is 24.3 Å². The lowest BCUT2D eigenvalue weighted by Crippen LogP contribution is -2.62. The van der Waals surface area contributed by atoms with E-state index in [1.807, 2.05) is 30.3 Å². The van der Waals surface area contributed by atoms with Crippen LogP contribution in [0.5, 0.6) is 0 Å². The van der Waals surface area contributed by atoms with Gasteiger partial charge in [-0.2, -0.15) is 0 Å². The fourth-order valence-corrected chi connectivity index (χ4v) is 3.69. The number of aliphatic hydroxyl groups excluding tert-OH is 1. The zero-order chi connectivity index (χ0) is 27.7. The molecule has 1 aliphatic heterocycles. The van der Waals surface area contributed by atoms with Crippen LogP contribution in [0.25, 0.3) is 0 Å². The highest BCUT2D eigenvalue weighted by molar-refractivity contribution is 5.77. The third-order valence-corrected chi connectivity index (χ3v) is 5.29. The number of carbonyl (C=O) groups is 4. The van der Waals surface area contributed by atoms with Crippen molar-refractivity contribution in [3.63, 3.8) is 0 Å². The third-order valence-electron chi connectivity index (χ3n) is 5.29. The Hall–Kier alpha value is -3.88. The lowest BCUT2D eigenvalue weighted by Gasteiger charge is -2.42. The molecule has 1 aliphatic rings. The molecule has 0 unspecified atom stereocenters. The standard InChI is InChI=1S/C24H30N4O10/c1-14(29)34-12-19-22(36-15(2)30)23(37-16(3)31)21(33)24(38-19)35-13-20(32)25-9-18-11-28(27-26-18)10-17-7-5-4-6-8-17/h4-8,11,19,21-24,33H,9-10,12-13H2,1-3H3,(H,25,32)/t19-,21-,22+,23-,24+/m1/s1. The van der Waals surface area contributed by atoms with Gasteiger partial charge in [-0.3, -0.25) is 19.2 Å². The van der Waals surface area contributed by atoms with Crippen LogP contribution >= 0.6 is 0 Å². The lowest BCUT2D eigenvalue weighted by molar-refractivity contribution is -0.304. The van der Waals surface area contributed by atoms with Gasteiger partial charge in [0.1, 0.15) is 31.1 Å². The highest BCUT2D eigenvalue weighted by atomic mass is 16.7. The number of aromatic nitrogens is 3. The third kappa shape index (κ3) is 8.61. The summed E-state index contributed by atoms with van der Waals surface area (Å²) in [5.74, 6) is -2.70. The number of ether oxygens (including phenoxy) is 5. The van der Waals surface area contributed by atoms with Crippen molar-refractivity contribution in [3.05, 3.63) is 47.8 Å². The summed E-state index contributed by atoms with van der Waals surface area (Å²) in [6, 6.07) is 9.67. The molecular formula is C24H30N4O10. The molecule has 1 aromatic carbocycles. The highest BCUT2D eigenvalue weighted by Crippen LogP contribution is 2.27. The molecule has 1 fully saturated rings. The Morgan fingerprint density at radius 1 is 1.03 bits per heavy atom. The van der Waals surface area contributed by atoms with Crippen molar-refractivity contribution in [1.82, 2.24) is 20.3 Å². The molecule has 1 saturated heterocycles. The minimum Gasteiger partial charge on any atom is -0.463 e. The molecule has 206 valence electrons. The Labute approximate surface area is 218 Å². The van der Waals surface area contributed by atoms with Crippen LogP contribution in [-0.4, -0.2) is 87.8 Å². The zero-order valence-corrected chi connectivity index (χ0v) is 21.1. The summed E-state index contributed by atoms with van der Waals surface area (Å²) in [6.45, 7) is 3.06. The second kappa shape index (κ2) is 13.6. The molecule has 2 heterocycles. The molecule has 3 rings (SSSR count). The van der Waals surface area contributed by atoms with E-state index in [2.05, 4.69) is 15.6 Å². The Balaban J connectivity index is 1.57. The molecule has 38 heavy (non-hydrogen) atoms. The summed E-state index contributed by atoms with van der Waals surface area (Å²) >= 11 is 0. The van der Waals surface area contributed by atoms with Gasteiger partial charge >= 0.3 is 17.9 Å². The number of aliphatic hydroxyl groups is 1. The molecule has 5 atom stereocenters. The molecule has 0 saturated carbocycles. The summed E-state index contributed by atoms with van der Waals surface area (Å²) in [4.78, 5) is 46.9. The molecule has 1 aromatic heterocycles. The van der Waals surface area contributed by atoms with Gasteiger partial charge in [0.15, 0.2) is 18.5 Å². The second-order valence-corrected chi connectivity index (χ2v) is 8.46. The maximum atomic E-state index is 12.4. The SMILES string of the molecule is CC(=O)OC[C@H]1O[C@H](OCC(=O)NCc2cn(Cc3ccccc3)nn2)[C@H](O)[C@@H](OC(C)=O)[C@H]1OC(C)=O. The molecule has 2 aromatic rings. The van der Waals surface area contributed by atoms with Crippen LogP contribution in [0.4, 0.5) is 0 Å². The molecule has 0 spiro atoms.